The van der Waals surface area contributed by atoms with Gasteiger partial charge in [0.05, 0.1) is 0 Å². The third-order valence-corrected chi connectivity index (χ3v) is 5.56. The summed E-state index contributed by atoms with van der Waals surface area (Å²) in [5.41, 5.74) is 2.08. The van der Waals surface area contributed by atoms with Crippen molar-refractivity contribution in [1.82, 2.24) is 24.6 Å². The molecule has 8 heteroatoms. The molecule has 0 radical (unpaired) electrons. The minimum Gasteiger partial charge on any atom is -0.295 e. The van der Waals surface area contributed by atoms with Crippen molar-refractivity contribution in [2.75, 3.05) is 5.32 Å². The van der Waals surface area contributed by atoms with Crippen LogP contribution in [0.3, 0.4) is 0 Å². The van der Waals surface area contributed by atoms with Gasteiger partial charge in [0, 0.05) is 29.4 Å². The quantitative estimate of drug-likeness (QED) is 0.495. The van der Waals surface area contributed by atoms with E-state index in [-0.39, 0.29) is 5.82 Å². The maximum absolute atomic E-state index is 12.5. The van der Waals surface area contributed by atoms with E-state index in [0.29, 0.717) is 10.9 Å². The van der Waals surface area contributed by atoms with Crippen molar-refractivity contribution in [3.8, 4) is 0 Å². The van der Waals surface area contributed by atoms with Gasteiger partial charge in [-0.25, -0.2) is 14.5 Å². The van der Waals surface area contributed by atoms with Gasteiger partial charge in [0.15, 0.2) is 5.13 Å². The molecule has 5 aromatic rings. The number of anilines is 1. The lowest BCUT2D eigenvalue weighted by molar-refractivity contribution is 0.101. The molecule has 2 aromatic carbocycles. The number of fused-ring (bicyclic) bond motifs is 2. The van der Waals surface area contributed by atoms with Crippen LogP contribution in [0.2, 0.25) is 0 Å². The molecule has 0 saturated heterocycles. The summed E-state index contributed by atoms with van der Waals surface area (Å²) in [6.07, 6.45) is 4.19. The number of nitrogens with one attached hydrogen (secondary N) is 1. The van der Waals surface area contributed by atoms with Crippen molar-refractivity contribution in [3.63, 3.8) is 0 Å². The standard InChI is InChI=1S/C21H16N6OS/c1-13-9-10-22-20-24-18(26-27(13)20)19(28)25-21-23-12-16(29-21)11-15-7-4-6-14-5-2-3-8-17(14)15/h2-10,12H,11H2,1H3,(H,23,25,28). The van der Waals surface area contributed by atoms with E-state index in [2.05, 4.69) is 55.7 Å². The number of carbonyl (C=O) groups excluding carboxylic acids is 1. The number of amides is 1. The van der Waals surface area contributed by atoms with Gasteiger partial charge in [-0.3, -0.25) is 10.1 Å². The lowest BCUT2D eigenvalue weighted by Crippen LogP contribution is -2.13. The van der Waals surface area contributed by atoms with Crippen LogP contribution in [-0.2, 0) is 6.42 Å². The first-order valence-electron chi connectivity index (χ1n) is 9.08. The van der Waals surface area contributed by atoms with Gasteiger partial charge in [0.25, 0.3) is 11.7 Å². The van der Waals surface area contributed by atoms with Crippen LogP contribution in [0.4, 0.5) is 5.13 Å². The first-order chi connectivity index (χ1) is 14.2. The first-order valence-corrected chi connectivity index (χ1v) is 9.90. The number of nitrogens with zero attached hydrogens (tertiary/aromatic N) is 5. The van der Waals surface area contributed by atoms with Crippen LogP contribution in [0.5, 0.6) is 0 Å². The summed E-state index contributed by atoms with van der Waals surface area (Å²) in [7, 11) is 0. The van der Waals surface area contributed by atoms with E-state index >= 15 is 0 Å². The molecule has 0 aliphatic carbocycles. The molecule has 1 amide bonds. The molecular formula is C21H16N6OS. The smallest absolute Gasteiger partial charge is 0.295 e. The molecule has 0 saturated carbocycles. The molecule has 29 heavy (non-hydrogen) atoms. The molecule has 3 aromatic heterocycles. The van der Waals surface area contributed by atoms with Crippen LogP contribution in [0.25, 0.3) is 16.6 Å². The van der Waals surface area contributed by atoms with Gasteiger partial charge < -0.3 is 0 Å². The molecule has 1 N–H and O–H groups in total. The predicted molar refractivity (Wildman–Crippen MR) is 112 cm³/mol. The summed E-state index contributed by atoms with van der Waals surface area (Å²) in [5, 5.41) is 9.97. The van der Waals surface area contributed by atoms with Crippen molar-refractivity contribution in [2.45, 2.75) is 13.3 Å². The second-order valence-electron chi connectivity index (χ2n) is 6.63. The van der Waals surface area contributed by atoms with Gasteiger partial charge in [0.2, 0.25) is 5.82 Å². The van der Waals surface area contributed by atoms with Crippen LogP contribution in [-0.4, -0.2) is 30.5 Å². The van der Waals surface area contributed by atoms with Gasteiger partial charge in [-0.2, -0.15) is 4.98 Å². The van der Waals surface area contributed by atoms with E-state index in [1.165, 1.54) is 27.7 Å². The van der Waals surface area contributed by atoms with E-state index < -0.39 is 5.91 Å². The molecule has 0 aliphatic heterocycles. The fourth-order valence-electron chi connectivity index (χ4n) is 3.24. The van der Waals surface area contributed by atoms with Gasteiger partial charge in [-0.1, -0.05) is 42.5 Å². The minimum atomic E-state index is -0.402. The van der Waals surface area contributed by atoms with Crippen LogP contribution in [0.1, 0.15) is 26.8 Å². The number of hydrogen-bond donors (Lipinski definition) is 1. The fraction of sp³-hybridized carbons (Fsp3) is 0.0952. The maximum Gasteiger partial charge on any atom is 0.297 e. The molecular weight excluding hydrogens is 384 g/mol. The van der Waals surface area contributed by atoms with Crippen molar-refractivity contribution in [3.05, 3.63) is 82.9 Å². The fourth-order valence-corrected chi connectivity index (χ4v) is 4.07. The summed E-state index contributed by atoms with van der Waals surface area (Å²) >= 11 is 1.45. The monoisotopic (exact) mass is 400 g/mol. The van der Waals surface area contributed by atoms with Crippen molar-refractivity contribution < 1.29 is 4.79 Å². The van der Waals surface area contributed by atoms with Gasteiger partial charge in [-0.05, 0) is 29.3 Å². The summed E-state index contributed by atoms with van der Waals surface area (Å²) in [5.74, 6) is 0.0597. The normalized spacial score (nSPS) is 11.2. The molecule has 142 valence electrons. The third-order valence-electron chi connectivity index (χ3n) is 4.65. The van der Waals surface area contributed by atoms with E-state index in [9.17, 15) is 4.79 Å². The van der Waals surface area contributed by atoms with Crippen LogP contribution in [0, 0.1) is 6.92 Å². The zero-order valence-electron chi connectivity index (χ0n) is 15.5. The summed E-state index contributed by atoms with van der Waals surface area (Å²) in [6.45, 7) is 1.88. The number of rotatable bonds is 4. The highest BCUT2D eigenvalue weighted by Crippen LogP contribution is 2.25. The summed E-state index contributed by atoms with van der Waals surface area (Å²) < 4.78 is 1.54. The number of aryl methyl sites for hydroxylation is 1. The average molecular weight is 400 g/mol. The summed E-state index contributed by atoms with van der Waals surface area (Å²) in [6, 6.07) is 16.4. The Kier molecular flexibility index (Phi) is 4.25. The van der Waals surface area contributed by atoms with Gasteiger partial charge in [-0.15, -0.1) is 16.4 Å². The van der Waals surface area contributed by atoms with Crippen LogP contribution in [0.15, 0.2) is 60.9 Å². The van der Waals surface area contributed by atoms with Gasteiger partial charge in [0.1, 0.15) is 0 Å². The number of benzene rings is 2. The van der Waals surface area contributed by atoms with E-state index in [1.54, 1.807) is 16.9 Å². The highest BCUT2D eigenvalue weighted by Gasteiger charge is 2.16. The first kappa shape index (κ1) is 17.4. The van der Waals surface area contributed by atoms with Crippen LogP contribution >= 0.6 is 11.3 Å². The Labute approximate surface area is 170 Å². The molecule has 0 fully saturated rings. The maximum atomic E-state index is 12.5. The van der Waals surface area contributed by atoms with E-state index in [4.69, 9.17) is 0 Å². The Hall–Kier alpha value is -3.65. The Morgan fingerprint density at radius 1 is 1.10 bits per heavy atom. The van der Waals surface area contributed by atoms with E-state index in [1.807, 2.05) is 25.1 Å². The van der Waals surface area contributed by atoms with Crippen molar-refractivity contribution in [1.29, 1.82) is 0 Å². The number of thiazole rings is 1. The lowest BCUT2D eigenvalue weighted by atomic mass is 10.0. The minimum absolute atomic E-state index is 0.0672. The molecule has 7 nitrogen and oxygen atoms in total. The van der Waals surface area contributed by atoms with Gasteiger partial charge >= 0.3 is 0 Å². The lowest BCUT2D eigenvalue weighted by Gasteiger charge is -2.04. The van der Waals surface area contributed by atoms with Crippen molar-refractivity contribution in [2.24, 2.45) is 0 Å². The highest BCUT2D eigenvalue weighted by atomic mass is 32.1. The van der Waals surface area contributed by atoms with Crippen molar-refractivity contribution >= 4 is 38.9 Å². The Morgan fingerprint density at radius 2 is 1.97 bits per heavy atom. The molecule has 0 bridgehead atoms. The average Bonchev–Trinajstić information content (AvgIpc) is 3.36. The molecule has 0 atom stereocenters. The number of hydrogen-bond acceptors (Lipinski definition) is 6. The Bertz CT molecular complexity index is 1350. The SMILES string of the molecule is Cc1ccnc2nc(C(=O)Nc3ncc(Cc4cccc5ccccc45)s3)nn12. The zero-order valence-corrected chi connectivity index (χ0v) is 16.3. The number of aromatic nitrogens is 5. The van der Waals surface area contributed by atoms with E-state index in [0.717, 1.165) is 17.0 Å². The Balaban J connectivity index is 1.35. The highest BCUT2D eigenvalue weighted by molar-refractivity contribution is 7.15. The topological polar surface area (TPSA) is 85.1 Å². The number of carbonyl (C=O) groups is 1. The van der Waals surface area contributed by atoms with Crippen LogP contribution < -0.4 is 5.32 Å². The zero-order chi connectivity index (χ0) is 19.8. The molecule has 0 aliphatic rings. The largest absolute Gasteiger partial charge is 0.297 e. The molecule has 3 heterocycles. The predicted octanol–water partition coefficient (Wildman–Crippen LogP) is 3.89. The second-order valence-corrected chi connectivity index (χ2v) is 7.75. The molecule has 5 rings (SSSR count). The third kappa shape index (κ3) is 3.34. The Morgan fingerprint density at radius 3 is 2.86 bits per heavy atom. The summed E-state index contributed by atoms with van der Waals surface area (Å²) in [4.78, 5) is 26.2. The molecule has 0 unspecified atom stereocenters. The second kappa shape index (κ2) is 7.06. The molecule has 0 spiro atoms.